The number of rotatable bonds is 4. The highest BCUT2D eigenvalue weighted by Gasteiger charge is 2.24. The number of anilines is 1. The van der Waals surface area contributed by atoms with E-state index in [0.717, 1.165) is 11.3 Å². The number of nitrogens with zero attached hydrogens (tertiary/aromatic N) is 1. The van der Waals surface area contributed by atoms with E-state index in [9.17, 15) is 4.79 Å². The summed E-state index contributed by atoms with van der Waals surface area (Å²) in [7, 11) is 0. The van der Waals surface area contributed by atoms with Crippen LogP contribution in [0.5, 0.6) is 0 Å². The van der Waals surface area contributed by atoms with Gasteiger partial charge in [-0.15, -0.1) is 0 Å². The highest BCUT2D eigenvalue weighted by atomic mass is 16.2. The van der Waals surface area contributed by atoms with Gasteiger partial charge in [0.05, 0.1) is 6.54 Å². The molecule has 110 valence electrons. The van der Waals surface area contributed by atoms with Crippen LogP contribution in [0.1, 0.15) is 38.7 Å². The molecule has 4 heteroatoms. The van der Waals surface area contributed by atoms with Crippen molar-refractivity contribution in [3.63, 3.8) is 0 Å². The molecule has 1 fully saturated rings. The first-order chi connectivity index (χ1) is 9.56. The van der Waals surface area contributed by atoms with Gasteiger partial charge in [-0.1, -0.05) is 18.6 Å². The molecule has 2 N–H and O–H groups in total. The number of aryl methyl sites for hydroxylation is 1. The second-order valence-electron chi connectivity index (χ2n) is 5.79. The number of hydrazine groups is 1. The molecular weight excluding hydrogens is 250 g/mol. The van der Waals surface area contributed by atoms with Gasteiger partial charge in [0.25, 0.3) is 0 Å². The molecule has 1 amide bonds. The summed E-state index contributed by atoms with van der Waals surface area (Å²) in [5, 5.41) is 5.15. The Hall–Kier alpha value is -1.39. The van der Waals surface area contributed by atoms with Crippen LogP contribution in [0.4, 0.5) is 5.69 Å². The number of carbonyl (C=O) groups is 1. The van der Waals surface area contributed by atoms with E-state index in [0.29, 0.717) is 18.6 Å². The minimum absolute atomic E-state index is 0.000531. The van der Waals surface area contributed by atoms with Crippen molar-refractivity contribution in [3.8, 4) is 0 Å². The lowest BCUT2D eigenvalue weighted by Crippen LogP contribution is -2.53. The second-order valence-corrected chi connectivity index (χ2v) is 5.79. The Morgan fingerprint density at radius 3 is 2.65 bits per heavy atom. The largest absolute Gasteiger partial charge is 0.325 e. The van der Waals surface area contributed by atoms with Crippen molar-refractivity contribution in [2.75, 3.05) is 11.9 Å². The average molecular weight is 275 g/mol. The first kappa shape index (κ1) is 15.0. The lowest BCUT2D eigenvalue weighted by molar-refractivity contribution is -0.117. The maximum absolute atomic E-state index is 12.0. The van der Waals surface area contributed by atoms with Gasteiger partial charge < -0.3 is 5.32 Å². The van der Waals surface area contributed by atoms with Crippen LogP contribution in [0.2, 0.25) is 0 Å². The molecule has 2 atom stereocenters. The van der Waals surface area contributed by atoms with E-state index in [1.807, 2.05) is 31.2 Å². The van der Waals surface area contributed by atoms with E-state index in [2.05, 4.69) is 29.6 Å². The molecule has 0 saturated carbocycles. The van der Waals surface area contributed by atoms with Gasteiger partial charge in [-0.25, -0.2) is 10.4 Å². The summed E-state index contributed by atoms with van der Waals surface area (Å²) in [4.78, 5) is 12.0. The SMILES string of the molecule is Cc1cccc(NC(=O)CNN2C(C)CCCC2C)c1. The fraction of sp³-hybridized carbons (Fsp3) is 0.562. The number of piperidine rings is 1. The normalized spacial score (nSPS) is 23.6. The van der Waals surface area contributed by atoms with Crippen molar-refractivity contribution in [3.05, 3.63) is 29.8 Å². The Labute approximate surface area is 121 Å². The van der Waals surface area contributed by atoms with E-state index < -0.39 is 0 Å². The number of carbonyl (C=O) groups excluding carboxylic acids is 1. The monoisotopic (exact) mass is 275 g/mol. The Balaban J connectivity index is 1.83. The van der Waals surface area contributed by atoms with E-state index in [4.69, 9.17) is 0 Å². The molecule has 20 heavy (non-hydrogen) atoms. The summed E-state index contributed by atoms with van der Waals surface area (Å²) in [6.07, 6.45) is 3.66. The summed E-state index contributed by atoms with van der Waals surface area (Å²) in [5.41, 5.74) is 5.28. The van der Waals surface area contributed by atoms with Crippen LogP contribution < -0.4 is 10.7 Å². The van der Waals surface area contributed by atoms with Crippen molar-refractivity contribution in [1.29, 1.82) is 0 Å². The Bertz CT molecular complexity index is 451. The van der Waals surface area contributed by atoms with Gasteiger partial charge in [0.1, 0.15) is 0 Å². The lowest BCUT2D eigenvalue weighted by atomic mass is 10.00. The summed E-state index contributed by atoms with van der Waals surface area (Å²) in [6, 6.07) is 8.84. The third-order valence-electron chi connectivity index (χ3n) is 3.92. The average Bonchev–Trinajstić information content (AvgIpc) is 2.38. The van der Waals surface area contributed by atoms with Gasteiger partial charge in [0.15, 0.2) is 0 Å². The zero-order valence-electron chi connectivity index (χ0n) is 12.6. The summed E-state index contributed by atoms with van der Waals surface area (Å²) in [6.45, 7) is 6.76. The third-order valence-corrected chi connectivity index (χ3v) is 3.92. The van der Waals surface area contributed by atoms with Crippen molar-refractivity contribution in [1.82, 2.24) is 10.4 Å². The topological polar surface area (TPSA) is 44.4 Å². The van der Waals surface area contributed by atoms with Crippen molar-refractivity contribution < 1.29 is 4.79 Å². The van der Waals surface area contributed by atoms with Crippen LogP contribution in [0.3, 0.4) is 0 Å². The molecule has 1 aliphatic rings. The van der Waals surface area contributed by atoms with E-state index in [-0.39, 0.29) is 5.91 Å². The first-order valence-corrected chi connectivity index (χ1v) is 7.44. The van der Waals surface area contributed by atoms with E-state index >= 15 is 0 Å². The molecule has 4 nitrogen and oxygen atoms in total. The number of benzene rings is 1. The summed E-state index contributed by atoms with van der Waals surface area (Å²) >= 11 is 0. The molecule has 1 aromatic rings. The standard InChI is InChI=1S/C16H25N3O/c1-12-6-4-9-15(10-12)18-16(20)11-17-19-13(2)7-5-8-14(19)3/h4,6,9-10,13-14,17H,5,7-8,11H2,1-3H3,(H,18,20). The number of nitrogens with one attached hydrogen (secondary N) is 2. The maximum atomic E-state index is 12.0. The highest BCUT2D eigenvalue weighted by molar-refractivity contribution is 5.92. The van der Waals surface area contributed by atoms with Gasteiger partial charge in [0, 0.05) is 17.8 Å². The summed E-state index contributed by atoms with van der Waals surface area (Å²) in [5.74, 6) is 0.000531. The van der Waals surface area contributed by atoms with Crippen molar-refractivity contribution >= 4 is 11.6 Å². The Morgan fingerprint density at radius 1 is 1.30 bits per heavy atom. The lowest BCUT2D eigenvalue weighted by Gasteiger charge is -2.38. The minimum Gasteiger partial charge on any atom is -0.325 e. The minimum atomic E-state index is 0.000531. The molecule has 1 aliphatic heterocycles. The zero-order chi connectivity index (χ0) is 14.5. The van der Waals surface area contributed by atoms with Gasteiger partial charge >= 0.3 is 0 Å². The van der Waals surface area contributed by atoms with Crippen LogP contribution in [-0.4, -0.2) is 29.5 Å². The first-order valence-electron chi connectivity index (χ1n) is 7.44. The molecule has 2 unspecified atom stereocenters. The number of amides is 1. The quantitative estimate of drug-likeness (QED) is 0.888. The molecular formula is C16H25N3O. The second kappa shape index (κ2) is 6.86. The van der Waals surface area contributed by atoms with Crippen molar-refractivity contribution in [2.24, 2.45) is 0 Å². The highest BCUT2D eigenvalue weighted by Crippen LogP contribution is 2.20. The molecule has 0 aliphatic carbocycles. The van der Waals surface area contributed by atoms with E-state index in [1.165, 1.54) is 19.3 Å². The van der Waals surface area contributed by atoms with Crippen LogP contribution in [0.25, 0.3) is 0 Å². The predicted molar refractivity (Wildman–Crippen MR) is 82.4 cm³/mol. The molecule has 0 aromatic heterocycles. The van der Waals surface area contributed by atoms with Crippen LogP contribution in [-0.2, 0) is 4.79 Å². The Kier molecular flexibility index (Phi) is 5.15. The van der Waals surface area contributed by atoms with Crippen LogP contribution in [0.15, 0.2) is 24.3 Å². The summed E-state index contributed by atoms with van der Waals surface area (Å²) < 4.78 is 0. The van der Waals surface area contributed by atoms with Gasteiger partial charge in [-0.2, -0.15) is 0 Å². The van der Waals surface area contributed by atoms with Crippen LogP contribution >= 0.6 is 0 Å². The molecule has 1 saturated heterocycles. The fourth-order valence-corrected chi connectivity index (χ4v) is 2.82. The predicted octanol–water partition coefficient (Wildman–Crippen LogP) is 2.70. The van der Waals surface area contributed by atoms with Gasteiger partial charge in [0.2, 0.25) is 5.91 Å². The fourth-order valence-electron chi connectivity index (χ4n) is 2.82. The van der Waals surface area contributed by atoms with Crippen LogP contribution in [0, 0.1) is 6.92 Å². The molecule has 1 heterocycles. The number of hydrogen-bond acceptors (Lipinski definition) is 3. The van der Waals surface area contributed by atoms with Gasteiger partial charge in [-0.05, 0) is 51.3 Å². The molecule has 0 radical (unpaired) electrons. The van der Waals surface area contributed by atoms with Crippen molar-refractivity contribution in [2.45, 2.75) is 52.1 Å². The maximum Gasteiger partial charge on any atom is 0.239 e. The van der Waals surface area contributed by atoms with E-state index in [1.54, 1.807) is 0 Å². The smallest absolute Gasteiger partial charge is 0.239 e. The number of hydrogen-bond donors (Lipinski definition) is 2. The third kappa shape index (κ3) is 4.05. The zero-order valence-corrected chi connectivity index (χ0v) is 12.6. The molecule has 0 spiro atoms. The molecule has 0 bridgehead atoms. The molecule has 1 aromatic carbocycles. The Morgan fingerprint density at radius 2 is 2.00 bits per heavy atom. The van der Waals surface area contributed by atoms with Gasteiger partial charge in [-0.3, -0.25) is 4.79 Å². The molecule has 2 rings (SSSR count).